The lowest BCUT2D eigenvalue weighted by atomic mass is 10.1. The molecule has 1 atom stereocenters. The van der Waals surface area contributed by atoms with Gasteiger partial charge in [0.1, 0.15) is 18.0 Å². The molecule has 0 radical (unpaired) electrons. The summed E-state index contributed by atoms with van der Waals surface area (Å²) < 4.78 is 13.0. The molecule has 2 heterocycles. The quantitative estimate of drug-likeness (QED) is 0.828. The monoisotopic (exact) mass is 257 g/mol. The van der Waals surface area contributed by atoms with Crippen molar-refractivity contribution in [1.29, 1.82) is 0 Å². The molecule has 0 spiro atoms. The minimum atomic E-state index is -0.198. The van der Waals surface area contributed by atoms with Crippen LogP contribution in [0, 0.1) is 12.7 Å². The third-order valence-corrected chi connectivity index (χ3v) is 3.83. The van der Waals surface area contributed by atoms with E-state index in [0.717, 1.165) is 30.0 Å². The highest BCUT2D eigenvalue weighted by Crippen LogP contribution is 2.33. The summed E-state index contributed by atoms with van der Waals surface area (Å²) in [6.07, 6.45) is 2.59. The first kappa shape index (κ1) is 12.1. The highest BCUT2D eigenvalue weighted by atomic mass is 19.1. The molecule has 0 fully saturated rings. The molecule has 19 heavy (non-hydrogen) atoms. The van der Waals surface area contributed by atoms with Gasteiger partial charge in [0, 0.05) is 17.8 Å². The molecule has 0 bridgehead atoms. The Hall–Kier alpha value is -1.97. The van der Waals surface area contributed by atoms with E-state index in [2.05, 4.69) is 21.8 Å². The average molecular weight is 257 g/mol. The Morgan fingerprint density at radius 2 is 1.95 bits per heavy atom. The van der Waals surface area contributed by atoms with Crippen LogP contribution in [0.25, 0.3) is 0 Å². The summed E-state index contributed by atoms with van der Waals surface area (Å²) in [7, 11) is 0. The first-order valence-electron chi connectivity index (χ1n) is 6.49. The van der Waals surface area contributed by atoms with E-state index in [4.69, 9.17) is 0 Å². The minimum Gasteiger partial charge on any atom is -0.349 e. The molecule has 3 nitrogen and oxygen atoms in total. The van der Waals surface area contributed by atoms with E-state index in [1.165, 1.54) is 17.7 Å². The zero-order valence-corrected chi connectivity index (χ0v) is 11.1. The summed E-state index contributed by atoms with van der Waals surface area (Å²) in [6.45, 7) is 5.08. The van der Waals surface area contributed by atoms with Crippen molar-refractivity contribution in [3.63, 3.8) is 0 Å². The van der Waals surface area contributed by atoms with Crippen molar-refractivity contribution in [3.05, 3.63) is 53.2 Å². The molecule has 1 aliphatic rings. The van der Waals surface area contributed by atoms with Crippen molar-refractivity contribution in [2.75, 3.05) is 11.4 Å². The van der Waals surface area contributed by atoms with Crippen LogP contribution in [0.3, 0.4) is 0 Å². The number of fused-ring (bicyclic) bond motifs is 1. The van der Waals surface area contributed by atoms with Crippen LogP contribution >= 0.6 is 0 Å². The molecule has 1 aromatic carbocycles. The molecule has 1 aromatic heterocycles. The predicted octanol–water partition coefficient (Wildman–Crippen LogP) is 3.05. The van der Waals surface area contributed by atoms with Crippen molar-refractivity contribution in [3.8, 4) is 0 Å². The number of aryl methyl sites for hydroxylation is 1. The molecule has 2 aromatic rings. The average Bonchev–Trinajstić information content (AvgIpc) is 2.84. The maximum atomic E-state index is 13.0. The highest BCUT2D eigenvalue weighted by molar-refractivity contribution is 5.55. The number of hydrogen-bond acceptors (Lipinski definition) is 3. The van der Waals surface area contributed by atoms with Gasteiger partial charge in [-0.1, -0.05) is 12.1 Å². The Bertz CT molecular complexity index is 595. The maximum absolute atomic E-state index is 13.0. The summed E-state index contributed by atoms with van der Waals surface area (Å²) in [6, 6.07) is 6.89. The van der Waals surface area contributed by atoms with E-state index in [1.807, 2.05) is 19.1 Å². The lowest BCUT2D eigenvalue weighted by Gasteiger charge is -2.26. The summed E-state index contributed by atoms with van der Waals surface area (Å²) in [5.74, 6) is 0.820. The van der Waals surface area contributed by atoms with Crippen molar-refractivity contribution >= 4 is 5.82 Å². The number of hydrogen-bond donors (Lipinski definition) is 0. The molecule has 0 saturated heterocycles. The Balaban J connectivity index is 1.93. The number of rotatable bonds is 2. The third kappa shape index (κ3) is 2.07. The zero-order valence-electron chi connectivity index (χ0n) is 11.1. The number of anilines is 1. The maximum Gasteiger partial charge on any atom is 0.136 e. The van der Waals surface area contributed by atoms with E-state index >= 15 is 0 Å². The van der Waals surface area contributed by atoms with E-state index in [0.29, 0.717) is 0 Å². The van der Waals surface area contributed by atoms with Crippen LogP contribution in [-0.2, 0) is 6.42 Å². The van der Waals surface area contributed by atoms with Crippen LogP contribution in [-0.4, -0.2) is 16.5 Å². The fourth-order valence-corrected chi connectivity index (χ4v) is 2.66. The van der Waals surface area contributed by atoms with Crippen LogP contribution in [0.2, 0.25) is 0 Å². The minimum absolute atomic E-state index is 0.191. The van der Waals surface area contributed by atoms with Crippen LogP contribution in [0.5, 0.6) is 0 Å². The van der Waals surface area contributed by atoms with Gasteiger partial charge in [0.15, 0.2) is 0 Å². The molecule has 0 aliphatic carbocycles. The van der Waals surface area contributed by atoms with E-state index in [1.54, 1.807) is 6.33 Å². The van der Waals surface area contributed by atoms with Gasteiger partial charge < -0.3 is 4.90 Å². The first-order valence-corrected chi connectivity index (χ1v) is 6.49. The van der Waals surface area contributed by atoms with E-state index in [9.17, 15) is 4.39 Å². The van der Waals surface area contributed by atoms with Gasteiger partial charge in [-0.25, -0.2) is 14.4 Å². The number of aromatic nitrogens is 2. The summed E-state index contributed by atoms with van der Waals surface area (Å²) in [5.41, 5.74) is 3.39. The second kappa shape index (κ2) is 4.61. The Morgan fingerprint density at radius 3 is 2.68 bits per heavy atom. The first-order chi connectivity index (χ1) is 9.16. The molecule has 0 N–H and O–H groups in total. The molecular weight excluding hydrogens is 241 g/mol. The molecule has 1 aliphatic heterocycles. The Labute approximate surface area is 112 Å². The molecule has 1 unspecified atom stereocenters. The third-order valence-electron chi connectivity index (χ3n) is 3.83. The summed E-state index contributed by atoms with van der Waals surface area (Å²) >= 11 is 0. The van der Waals surface area contributed by atoms with Gasteiger partial charge in [0.25, 0.3) is 0 Å². The van der Waals surface area contributed by atoms with Gasteiger partial charge in [-0.15, -0.1) is 0 Å². The molecule has 4 heteroatoms. The molecule has 0 amide bonds. The lowest BCUT2D eigenvalue weighted by Crippen LogP contribution is -2.25. The topological polar surface area (TPSA) is 29.0 Å². The van der Waals surface area contributed by atoms with Crippen molar-refractivity contribution in [1.82, 2.24) is 9.97 Å². The van der Waals surface area contributed by atoms with Gasteiger partial charge in [-0.05, 0) is 38.0 Å². The normalized spacial score (nSPS) is 15.4. The van der Waals surface area contributed by atoms with Gasteiger partial charge in [0.2, 0.25) is 0 Å². The SMILES string of the molecule is Cc1ncnc2c1CCN2C(C)c1ccc(F)cc1. The van der Waals surface area contributed by atoms with Crippen molar-refractivity contribution < 1.29 is 4.39 Å². The second-order valence-corrected chi connectivity index (χ2v) is 4.93. The van der Waals surface area contributed by atoms with Crippen LogP contribution in [0.4, 0.5) is 10.2 Å². The lowest BCUT2D eigenvalue weighted by molar-refractivity contribution is 0.623. The fraction of sp³-hybridized carbons (Fsp3) is 0.333. The molecule has 98 valence electrons. The largest absolute Gasteiger partial charge is 0.349 e. The number of halogens is 1. The summed E-state index contributed by atoms with van der Waals surface area (Å²) in [5, 5.41) is 0. The zero-order chi connectivity index (χ0) is 13.4. The highest BCUT2D eigenvalue weighted by Gasteiger charge is 2.27. The predicted molar refractivity (Wildman–Crippen MR) is 72.6 cm³/mol. The molecule has 3 rings (SSSR count). The fourth-order valence-electron chi connectivity index (χ4n) is 2.66. The van der Waals surface area contributed by atoms with Gasteiger partial charge in [0.05, 0.1) is 6.04 Å². The number of benzene rings is 1. The van der Waals surface area contributed by atoms with Crippen molar-refractivity contribution in [2.24, 2.45) is 0 Å². The van der Waals surface area contributed by atoms with Crippen LogP contribution < -0.4 is 4.90 Å². The van der Waals surface area contributed by atoms with E-state index < -0.39 is 0 Å². The van der Waals surface area contributed by atoms with Crippen molar-refractivity contribution in [2.45, 2.75) is 26.3 Å². The van der Waals surface area contributed by atoms with Gasteiger partial charge >= 0.3 is 0 Å². The van der Waals surface area contributed by atoms with Crippen LogP contribution in [0.1, 0.15) is 29.8 Å². The summed E-state index contributed by atoms with van der Waals surface area (Å²) in [4.78, 5) is 10.9. The second-order valence-electron chi connectivity index (χ2n) is 4.93. The molecular formula is C15H16FN3. The van der Waals surface area contributed by atoms with Gasteiger partial charge in [-0.2, -0.15) is 0 Å². The van der Waals surface area contributed by atoms with E-state index in [-0.39, 0.29) is 11.9 Å². The number of nitrogens with zero attached hydrogens (tertiary/aromatic N) is 3. The standard InChI is InChI=1S/C15H16FN3/c1-10-14-7-8-19(15(14)18-9-17-10)11(2)12-3-5-13(16)6-4-12/h3-6,9,11H,7-8H2,1-2H3. The van der Waals surface area contributed by atoms with Gasteiger partial charge in [-0.3, -0.25) is 0 Å². The smallest absolute Gasteiger partial charge is 0.136 e. The Morgan fingerprint density at radius 1 is 1.21 bits per heavy atom. The molecule has 0 saturated carbocycles. The van der Waals surface area contributed by atoms with Crippen LogP contribution in [0.15, 0.2) is 30.6 Å². The Kier molecular flexibility index (Phi) is 2.93.